The molecule has 4 nitrogen and oxygen atoms in total. The van der Waals surface area contributed by atoms with Crippen molar-refractivity contribution in [3.63, 3.8) is 0 Å². The molecule has 0 aliphatic carbocycles. The third-order valence-electron chi connectivity index (χ3n) is 1.78. The molecule has 0 rings (SSSR count). The summed E-state index contributed by atoms with van der Waals surface area (Å²) in [6.07, 6.45) is 4.90. The van der Waals surface area contributed by atoms with E-state index in [0.29, 0.717) is 12.8 Å². The Balaban J connectivity index is 3.61. The summed E-state index contributed by atoms with van der Waals surface area (Å²) in [5, 5.41) is 8.42. The number of ether oxygens (including phenoxy) is 1. The lowest BCUT2D eigenvalue weighted by molar-refractivity contribution is -0.139. The van der Waals surface area contributed by atoms with Crippen LogP contribution < -0.4 is 0 Å². The maximum atomic E-state index is 10.7. The number of hydrogen-bond acceptors (Lipinski definition) is 3. The molecule has 15 heavy (non-hydrogen) atoms. The maximum absolute atomic E-state index is 10.7. The van der Waals surface area contributed by atoms with Gasteiger partial charge >= 0.3 is 11.9 Å². The molecular weight excluding hydrogens is 196 g/mol. The van der Waals surface area contributed by atoms with Gasteiger partial charge in [-0.25, -0.2) is 0 Å². The lowest BCUT2D eigenvalue weighted by Crippen LogP contribution is -1.97. The zero-order valence-corrected chi connectivity index (χ0v) is 8.86. The van der Waals surface area contributed by atoms with E-state index >= 15 is 0 Å². The summed E-state index contributed by atoms with van der Waals surface area (Å²) in [6, 6.07) is 0. The molecule has 0 spiro atoms. The van der Waals surface area contributed by atoms with Gasteiger partial charge in [0.1, 0.15) is 0 Å². The summed E-state index contributed by atoms with van der Waals surface area (Å²) >= 11 is 0. The van der Waals surface area contributed by atoms with Crippen LogP contribution in [0.1, 0.15) is 25.7 Å². The van der Waals surface area contributed by atoms with Crippen LogP contribution in [0.4, 0.5) is 0 Å². The van der Waals surface area contributed by atoms with Gasteiger partial charge in [0, 0.05) is 6.42 Å². The van der Waals surface area contributed by atoms with Crippen LogP contribution in [0.15, 0.2) is 24.3 Å². The molecule has 0 atom stereocenters. The first-order valence-corrected chi connectivity index (χ1v) is 4.66. The second kappa shape index (κ2) is 7.79. The van der Waals surface area contributed by atoms with Crippen LogP contribution in [0.5, 0.6) is 0 Å². The first kappa shape index (κ1) is 13.4. The van der Waals surface area contributed by atoms with E-state index in [1.165, 1.54) is 7.11 Å². The van der Waals surface area contributed by atoms with E-state index in [4.69, 9.17) is 5.11 Å². The van der Waals surface area contributed by atoms with Crippen LogP contribution in [0, 0.1) is 0 Å². The second-order valence-corrected chi connectivity index (χ2v) is 3.10. The van der Waals surface area contributed by atoms with Gasteiger partial charge in [-0.15, -0.1) is 0 Å². The van der Waals surface area contributed by atoms with Crippen molar-refractivity contribution in [2.45, 2.75) is 25.7 Å². The summed E-state index contributed by atoms with van der Waals surface area (Å²) in [7, 11) is 1.34. The molecule has 0 saturated heterocycles. The van der Waals surface area contributed by atoms with E-state index in [9.17, 15) is 9.59 Å². The van der Waals surface area contributed by atoms with E-state index in [1.807, 2.05) is 0 Å². The van der Waals surface area contributed by atoms with Crippen LogP contribution in [-0.4, -0.2) is 24.2 Å². The van der Waals surface area contributed by atoms with Crippen molar-refractivity contribution in [1.29, 1.82) is 0 Å². The minimum Gasteiger partial charge on any atom is -0.481 e. The van der Waals surface area contributed by atoms with E-state index in [-0.39, 0.29) is 18.8 Å². The highest BCUT2D eigenvalue weighted by molar-refractivity contribution is 5.70. The Morgan fingerprint density at radius 3 is 2.40 bits per heavy atom. The van der Waals surface area contributed by atoms with Crippen molar-refractivity contribution in [3.05, 3.63) is 24.3 Å². The molecule has 0 aromatic carbocycles. The van der Waals surface area contributed by atoms with Gasteiger partial charge in [-0.05, 0) is 12.8 Å². The van der Waals surface area contributed by atoms with Crippen molar-refractivity contribution in [3.8, 4) is 0 Å². The third-order valence-corrected chi connectivity index (χ3v) is 1.78. The molecular formula is C11H16O4. The third kappa shape index (κ3) is 8.74. The second-order valence-electron chi connectivity index (χ2n) is 3.10. The van der Waals surface area contributed by atoms with Gasteiger partial charge in [0.25, 0.3) is 0 Å². The van der Waals surface area contributed by atoms with Gasteiger partial charge < -0.3 is 9.84 Å². The standard InChI is InChI=1S/C11H16O4/c1-9(7-8-10(12)13)5-3-4-6-11(14)15-2/h3-4H,1,5-8H2,2H3,(H,12,13)/b4-3+. The Labute approximate surface area is 89.2 Å². The Bertz CT molecular complexity index is 266. The largest absolute Gasteiger partial charge is 0.481 e. The monoisotopic (exact) mass is 212 g/mol. The highest BCUT2D eigenvalue weighted by atomic mass is 16.5. The zero-order valence-electron chi connectivity index (χ0n) is 8.86. The molecule has 0 aliphatic rings. The molecule has 0 bridgehead atoms. The minimum absolute atomic E-state index is 0.101. The number of allylic oxidation sites excluding steroid dienone is 2. The summed E-state index contributed by atoms with van der Waals surface area (Å²) < 4.78 is 4.45. The number of hydrogen-bond donors (Lipinski definition) is 1. The highest BCUT2D eigenvalue weighted by Crippen LogP contribution is 2.08. The lowest BCUT2D eigenvalue weighted by atomic mass is 10.1. The number of methoxy groups -OCH3 is 1. The molecule has 4 heteroatoms. The quantitative estimate of drug-likeness (QED) is 0.517. The molecule has 0 aliphatic heterocycles. The molecule has 0 aromatic rings. The Kier molecular flexibility index (Phi) is 6.97. The zero-order chi connectivity index (χ0) is 11.7. The SMILES string of the molecule is C=C(C/C=C/CC(=O)OC)CCC(=O)O. The van der Waals surface area contributed by atoms with E-state index < -0.39 is 5.97 Å². The predicted molar refractivity (Wildman–Crippen MR) is 56.4 cm³/mol. The van der Waals surface area contributed by atoms with Crippen molar-refractivity contribution < 1.29 is 19.4 Å². The van der Waals surface area contributed by atoms with Crippen LogP contribution in [-0.2, 0) is 14.3 Å². The molecule has 0 unspecified atom stereocenters. The first-order valence-electron chi connectivity index (χ1n) is 4.66. The number of carbonyl (C=O) groups excluding carboxylic acids is 1. The molecule has 0 amide bonds. The van der Waals surface area contributed by atoms with E-state index in [2.05, 4.69) is 11.3 Å². The number of carboxylic acid groups (broad SMARTS) is 1. The van der Waals surface area contributed by atoms with Crippen LogP contribution >= 0.6 is 0 Å². The van der Waals surface area contributed by atoms with Crippen molar-refractivity contribution in [2.24, 2.45) is 0 Å². The van der Waals surface area contributed by atoms with Gasteiger partial charge in [-0.3, -0.25) is 9.59 Å². The fourth-order valence-electron chi connectivity index (χ4n) is 0.899. The van der Waals surface area contributed by atoms with Crippen molar-refractivity contribution in [1.82, 2.24) is 0 Å². The molecule has 0 fully saturated rings. The average Bonchev–Trinajstić information content (AvgIpc) is 2.21. The lowest BCUT2D eigenvalue weighted by Gasteiger charge is -1.98. The minimum atomic E-state index is -0.824. The molecule has 0 radical (unpaired) electrons. The number of rotatable bonds is 7. The van der Waals surface area contributed by atoms with Gasteiger partial charge in [-0.1, -0.05) is 24.3 Å². The summed E-state index contributed by atoms with van der Waals surface area (Å²) in [6.45, 7) is 3.73. The summed E-state index contributed by atoms with van der Waals surface area (Å²) in [5.74, 6) is -1.11. The van der Waals surface area contributed by atoms with E-state index in [0.717, 1.165) is 5.57 Å². The van der Waals surface area contributed by atoms with Gasteiger partial charge in [0.2, 0.25) is 0 Å². The smallest absolute Gasteiger partial charge is 0.309 e. The number of carbonyl (C=O) groups is 2. The van der Waals surface area contributed by atoms with Crippen molar-refractivity contribution >= 4 is 11.9 Å². The van der Waals surface area contributed by atoms with Crippen LogP contribution in [0.2, 0.25) is 0 Å². The van der Waals surface area contributed by atoms with Gasteiger partial charge in [0.15, 0.2) is 0 Å². The van der Waals surface area contributed by atoms with Gasteiger partial charge in [0.05, 0.1) is 13.5 Å². The normalized spacial score (nSPS) is 10.2. The van der Waals surface area contributed by atoms with Crippen LogP contribution in [0.3, 0.4) is 0 Å². The summed E-state index contributed by atoms with van der Waals surface area (Å²) in [5.41, 5.74) is 0.846. The Hall–Kier alpha value is -1.58. The summed E-state index contributed by atoms with van der Waals surface area (Å²) in [4.78, 5) is 20.9. The Morgan fingerprint density at radius 1 is 1.27 bits per heavy atom. The molecule has 84 valence electrons. The van der Waals surface area contributed by atoms with Gasteiger partial charge in [-0.2, -0.15) is 0 Å². The topological polar surface area (TPSA) is 63.6 Å². The highest BCUT2D eigenvalue weighted by Gasteiger charge is 1.98. The molecule has 0 aromatic heterocycles. The van der Waals surface area contributed by atoms with Crippen LogP contribution in [0.25, 0.3) is 0 Å². The van der Waals surface area contributed by atoms with Crippen molar-refractivity contribution in [2.75, 3.05) is 7.11 Å². The fraction of sp³-hybridized carbons (Fsp3) is 0.455. The average molecular weight is 212 g/mol. The number of carboxylic acids is 1. The number of aliphatic carboxylic acids is 1. The fourth-order valence-corrected chi connectivity index (χ4v) is 0.899. The first-order chi connectivity index (χ1) is 7.06. The molecule has 0 saturated carbocycles. The predicted octanol–water partition coefficient (Wildman–Crippen LogP) is 1.92. The molecule has 1 N–H and O–H groups in total. The maximum Gasteiger partial charge on any atom is 0.309 e. The Morgan fingerprint density at radius 2 is 1.87 bits per heavy atom. The van der Waals surface area contributed by atoms with E-state index in [1.54, 1.807) is 12.2 Å². The molecule has 0 heterocycles. The number of esters is 1.